The first-order valence-corrected chi connectivity index (χ1v) is 7.46. The number of aromatic nitrogens is 2. The van der Waals surface area contributed by atoms with Crippen LogP contribution in [-0.4, -0.2) is 47.6 Å². The Morgan fingerprint density at radius 2 is 2.38 bits per heavy atom. The van der Waals surface area contributed by atoms with E-state index in [-0.39, 0.29) is 17.0 Å². The van der Waals surface area contributed by atoms with Gasteiger partial charge in [0, 0.05) is 33.0 Å². The molecule has 1 aromatic heterocycles. The molecule has 0 radical (unpaired) electrons. The fraction of sp³-hybridized carbons (Fsp3) is 0.667. The number of carbonyl (C=O) groups is 1. The van der Waals surface area contributed by atoms with Crippen molar-refractivity contribution in [2.75, 3.05) is 26.8 Å². The molecule has 1 aliphatic heterocycles. The zero-order valence-corrected chi connectivity index (χ0v) is 12.7. The molecule has 116 valence electrons. The first kappa shape index (κ1) is 15.7. The molecule has 1 atom stereocenters. The SMILES string of the molecule is COCCCC1CCCN(C(=O)c2cnc(C)[nH]c2=O)C1. The minimum Gasteiger partial charge on any atom is -0.385 e. The Hall–Kier alpha value is -1.69. The molecule has 0 saturated carbocycles. The molecule has 2 rings (SSSR count). The predicted molar refractivity (Wildman–Crippen MR) is 79.3 cm³/mol. The molecule has 1 N–H and O–H groups in total. The van der Waals surface area contributed by atoms with Crippen LogP contribution in [0.1, 0.15) is 41.9 Å². The van der Waals surface area contributed by atoms with Gasteiger partial charge in [-0.2, -0.15) is 0 Å². The number of rotatable bonds is 5. The van der Waals surface area contributed by atoms with Crippen molar-refractivity contribution in [3.05, 3.63) is 27.9 Å². The smallest absolute Gasteiger partial charge is 0.263 e. The summed E-state index contributed by atoms with van der Waals surface area (Å²) >= 11 is 0. The summed E-state index contributed by atoms with van der Waals surface area (Å²) in [4.78, 5) is 32.7. The van der Waals surface area contributed by atoms with Gasteiger partial charge in [0.1, 0.15) is 11.4 Å². The van der Waals surface area contributed by atoms with Crippen LogP contribution in [0.2, 0.25) is 0 Å². The highest BCUT2D eigenvalue weighted by Crippen LogP contribution is 2.21. The molecule has 6 heteroatoms. The second-order valence-electron chi connectivity index (χ2n) is 5.61. The molecule has 0 aromatic carbocycles. The predicted octanol–water partition coefficient (Wildman–Crippen LogP) is 1.36. The molecule has 1 fully saturated rings. The Kier molecular flexibility index (Phi) is 5.50. The third kappa shape index (κ3) is 4.14. The van der Waals surface area contributed by atoms with Gasteiger partial charge in [-0.3, -0.25) is 9.59 Å². The van der Waals surface area contributed by atoms with E-state index < -0.39 is 0 Å². The number of nitrogens with zero attached hydrogens (tertiary/aromatic N) is 2. The van der Waals surface area contributed by atoms with Gasteiger partial charge in [0.2, 0.25) is 0 Å². The number of hydrogen-bond acceptors (Lipinski definition) is 4. The summed E-state index contributed by atoms with van der Waals surface area (Å²) in [5.41, 5.74) is -0.216. The number of amides is 1. The van der Waals surface area contributed by atoms with E-state index in [1.54, 1.807) is 18.9 Å². The van der Waals surface area contributed by atoms with Gasteiger partial charge in [-0.25, -0.2) is 4.98 Å². The molecule has 1 aliphatic rings. The van der Waals surface area contributed by atoms with Crippen molar-refractivity contribution < 1.29 is 9.53 Å². The fourth-order valence-corrected chi connectivity index (χ4v) is 2.81. The third-order valence-corrected chi connectivity index (χ3v) is 3.92. The highest BCUT2D eigenvalue weighted by molar-refractivity contribution is 5.93. The van der Waals surface area contributed by atoms with Crippen LogP contribution in [0.5, 0.6) is 0 Å². The zero-order valence-electron chi connectivity index (χ0n) is 12.7. The molecule has 6 nitrogen and oxygen atoms in total. The molecular formula is C15H23N3O3. The van der Waals surface area contributed by atoms with Crippen molar-refractivity contribution in [2.45, 2.75) is 32.6 Å². The number of H-pyrrole nitrogens is 1. The second kappa shape index (κ2) is 7.36. The Labute approximate surface area is 124 Å². The van der Waals surface area contributed by atoms with Crippen LogP contribution >= 0.6 is 0 Å². The average Bonchev–Trinajstić information content (AvgIpc) is 2.47. The maximum absolute atomic E-state index is 12.4. The number of piperidine rings is 1. The van der Waals surface area contributed by atoms with E-state index >= 15 is 0 Å². The summed E-state index contributed by atoms with van der Waals surface area (Å²) in [6.07, 6.45) is 5.57. The fourth-order valence-electron chi connectivity index (χ4n) is 2.81. The largest absolute Gasteiger partial charge is 0.385 e. The van der Waals surface area contributed by atoms with E-state index in [2.05, 4.69) is 9.97 Å². The van der Waals surface area contributed by atoms with Gasteiger partial charge in [-0.15, -0.1) is 0 Å². The lowest BCUT2D eigenvalue weighted by Gasteiger charge is -2.32. The standard InChI is InChI=1S/C15H23N3O3/c1-11-16-9-13(14(19)17-11)15(20)18-7-3-5-12(10-18)6-4-8-21-2/h9,12H,3-8,10H2,1-2H3,(H,16,17,19). The summed E-state index contributed by atoms with van der Waals surface area (Å²) in [7, 11) is 1.70. The lowest BCUT2D eigenvalue weighted by atomic mass is 9.93. The van der Waals surface area contributed by atoms with E-state index in [0.29, 0.717) is 18.3 Å². The summed E-state index contributed by atoms with van der Waals surface area (Å²) < 4.78 is 5.07. The summed E-state index contributed by atoms with van der Waals surface area (Å²) in [5, 5.41) is 0. The van der Waals surface area contributed by atoms with Crippen molar-refractivity contribution in [1.29, 1.82) is 0 Å². The lowest BCUT2D eigenvalue weighted by Crippen LogP contribution is -2.42. The summed E-state index contributed by atoms with van der Waals surface area (Å²) in [5.74, 6) is 0.808. The van der Waals surface area contributed by atoms with Crippen LogP contribution in [0.3, 0.4) is 0 Å². The minimum atomic E-state index is -0.353. The molecule has 1 amide bonds. The number of aryl methyl sites for hydroxylation is 1. The molecule has 0 bridgehead atoms. The number of nitrogens with one attached hydrogen (secondary N) is 1. The van der Waals surface area contributed by atoms with Crippen molar-refractivity contribution in [3.8, 4) is 0 Å². The van der Waals surface area contributed by atoms with Crippen LogP contribution in [0.15, 0.2) is 11.0 Å². The van der Waals surface area contributed by atoms with Crippen LogP contribution < -0.4 is 5.56 Å². The van der Waals surface area contributed by atoms with E-state index in [0.717, 1.165) is 38.8 Å². The van der Waals surface area contributed by atoms with E-state index in [9.17, 15) is 9.59 Å². The Balaban J connectivity index is 2.00. The molecule has 21 heavy (non-hydrogen) atoms. The van der Waals surface area contributed by atoms with Gasteiger partial charge in [0.05, 0.1) is 0 Å². The highest BCUT2D eigenvalue weighted by atomic mass is 16.5. The Morgan fingerprint density at radius 3 is 3.10 bits per heavy atom. The van der Waals surface area contributed by atoms with E-state index in [1.807, 2.05) is 0 Å². The van der Waals surface area contributed by atoms with Crippen LogP contribution in [0.4, 0.5) is 0 Å². The topological polar surface area (TPSA) is 75.3 Å². The summed E-state index contributed by atoms with van der Waals surface area (Å²) in [6.45, 7) is 3.89. The van der Waals surface area contributed by atoms with Crippen molar-refractivity contribution in [3.63, 3.8) is 0 Å². The van der Waals surface area contributed by atoms with Crippen LogP contribution in [-0.2, 0) is 4.74 Å². The second-order valence-corrected chi connectivity index (χ2v) is 5.61. The van der Waals surface area contributed by atoms with Gasteiger partial charge in [0.25, 0.3) is 11.5 Å². The molecule has 1 saturated heterocycles. The molecular weight excluding hydrogens is 270 g/mol. The van der Waals surface area contributed by atoms with Gasteiger partial charge in [-0.1, -0.05) is 0 Å². The number of methoxy groups -OCH3 is 1. The van der Waals surface area contributed by atoms with E-state index in [1.165, 1.54) is 6.20 Å². The van der Waals surface area contributed by atoms with Crippen molar-refractivity contribution in [2.24, 2.45) is 5.92 Å². The monoisotopic (exact) mass is 293 g/mol. The van der Waals surface area contributed by atoms with Crippen molar-refractivity contribution in [1.82, 2.24) is 14.9 Å². The molecule has 2 heterocycles. The maximum Gasteiger partial charge on any atom is 0.263 e. The van der Waals surface area contributed by atoms with Gasteiger partial charge in [-0.05, 0) is 38.5 Å². The number of ether oxygens (including phenoxy) is 1. The van der Waals surface area contributed by atoms with Crippen LogP contribution in [0, 0.1) is 12.8 Å². The van der Waals surface area contributed by atoms with Gasteiger partial charge >= 0.3 is 0 Å². The summed E-state index contributed by atoms with van der Waals surface area (Å²) in [6, 6.07) is 0. The average molecular weight is 293 g/mol. The molecule has 0 spiro atoms. The lowest BCUT2D eigenvalue weighted by molar-refractivity contribution is 0.0658. The number of hydrogen-bond donors (Lipinski definition) is 1. The number of carbonyl (C=O) groups excluding carboxylic acids is 1. The third-order valence-electron chi connectivity index (χ3n) is 3.92. The van der Waals surface area contributed by atoms with Crippen LogP contribution in [0.25, 0.3) is 0 Å². The quantitative estimate of drug-likeness (QED) is 0.832. The molecule has 1 unspecified atom stereocenters. The number of likely N-dealkylation sites (tertiary alicyclic amines) is 1. The first-order valence-electron chi connectivity index (χ1n) is 7.46. The molecule has 0 aliphatic carbocycles. The Bertz CT molecular complexity index is 541. The van der Waals surface area contributed by atoms with E-state index in [4.69, 9.17) is 4.74 Å². The minimum absolute atomic E-state index is 0.137. The molecule has 1 aromatic rings. The highest BCUT2D eigenvalue weighted by Gasteiger charge is 2.25. The number of aromatic amines is 1. The van der Waals surface area contributed by atoms with Gasteiger partial charge in [0.15, 0.2) is 0 Å². The Morgan fingerprint density at radius 1 is 1.57 bits per heavy atom. The first-order chi connectivity index (χ1) is 10.1. The normalized spacial score (nSPS) is 18.8. The maximum atomic E-state index is 12.4. The zero-order chi connectivity index (χ0) is 15.2. The van der Waals surface area contributed by atoms with Gasteiger partial charge < -0.3 is 14.6 Å². The van der Waals surface area contributed by atoms with Crippen molar-refractivity contribution >= 4 is 5.91 Å².